The number of benzene rings is 1. The Morgan fingerprint density at radius 1 is 1.29 bits per heavy atom. The number of fused-ring (bicyclic) bond motifs is 1. The predicted molar refractivity (Wildman–Crippen MR) is 65.6 cm³/mol. The molecule has 0 spiro atoms. The Labute approximate surface area is 99.0 Å². The number of para-hydroxylation sites is 1. The van der Waals surface area contributed by atoms with Crippen LogP contribution in [0.1, 0.15) is 12.8 Å². The number of hydrogen-bond donors (Lipinski definition) is 2. The number of nitrogens with zero attached hydrogens (tertiary/aromatic N) is 2. The molecule has 0 aliphatic heterocycles. The zero-order chi connectivity index (χ0) is 11.7. The summed E-state index contributed by atoms with van der Waals surface area (Å²) in [6.07, 6.45) is 2.51. The van der Waals surface area contributed by atoms with Crippen molar-refractivity contribution in [3.63, 3.8) is 0 Å². The molecule has 3 rings (SSSR count). The van der Waals surface area contributed by atoms with Gasteiger partial charge in [0, 0.05) is 0 Å². The lowest BCUT2D eigenvalue weighted by atomic mass is 10.2. The van der Waals surface area contributed by atoms with Gasteiger partial charge < -0.3 is 4.74 Å². The summed E-state index contributed by atoms with van der Waals surface area (Å²) >= 11 is 0. The van der Waals surface area contributed by atoms with Crippen LogP contribution >= 0.6 is 0 Å². The Kier molecular flexibility index (Phi) is 2.53. The number of ether oxygens (including phenoxy) is 1. The van der Waals surface area contributed by atoms with E-state index in [9.17, 15) is 0 Å². The molecule has 1 heterocycles. The van der Waals surface area contributed by atoms with Gasteiger partial charge in [0.1, 0.15) is 0 Å². The SMILES string of the molecule is NNc1nc(OCC2CC2)c2ccccc2n1. The highest BCUT2D eigenvalue weighted by atomic mass is 16.5. The van der Waals surface area contributed by atoms with Crippen molar-refractivity contribution < 1.29 is 4.74 Å². The summed E-state index contributed by atoms with van der Waals surface area (Å²) in [6, 6.07) is 7.76. The van der Waals surface area contributed by atoms with Gasteiger partial charge in [-0.3, -0.25) is 5.43 Å². The molecule has 2 aromatic rings. The van der Waals surface area contributed by atoms with Gasteiger partial charge in [-0.15, -0.1) is 0 Å². The molecule has 1 aliphatic carbocycles. The smallest absolute Gasteiger partial charge is 0.241 e. The molecular formula is C12H14N4O. The van der Waals surface area contributed by atoms with Crippen molar-refractivity contribution in [3.05, 3.63) is 24.3 Å². The van der Waals surface area contributed by atoms with E-state index in [1.807, 2.05) is 24.3 Å². The van der Waals surface area contributed by atoms with E-state index >= 15 is 0 Å². The van der Waals surface area contributed by atoms with Crippen LogP contribution in [0.2, 0.25) is 0 Å². The van der Waals surface area contributed by atoms with Crippen LogP contribution in [-0.2, 0) is 0 Å². The highest BCUT2D eigenvalue weighted by Gasteiger charge is 2.22. The number of anilines is 1. The molecule has 88 valence electrons. The number of hydrazine groups is 1. The van der Waals surface area contributed by atoms with E-state index in [4.69, 9.17) is 10.6 Å². The third-order valence-corrected chi connectivity index (χ3v) is 2.85. The Bertz CT molecular complexity index is 539. The predicted octanol–water partition coefficient (Wildman–Crippen LogP) is 1.70. The zero-order valence-electron chi connectivity index (χ0n) is 9.39. The molecule has 1 fully saturated rings. The Balaban J connectivity index is 1.99. The van der Waals surface area contributed by atoms with Crippen molar-refractivity contribution in [2.75, 3.05) is 12.0 Å². The van der Waals surface area contributed by atoms with Crippen molar-refractivity contribution >= 4 is 16.9 Å². The molecular weight excluding hydrogens is 216 g/mol. The van der Waals surface area contributed by atoms with Crippen LogP contribution < -0.4 is 16.0 Å². The minimum atomic E-state index is 0.384. The van der Waals surface area contributed by atoms with Crippen LogP contribution in [0.15, 0.2) is 24.3 Å². The van der Waals surface area contributed by atoms with Gasteiger partial charge in [0.05, 0.1) is 17.5 Å². The third kappa shape index (κ3) is 2.14. The van der Waals surface area contributed by atoms with Crippen molar-refractivity contribution in [3.8, 4) is 5.88 Å². The maximum absolute atomic E-state index is 5.74. The number of nitrogen functional groups attached to an aromatic ring is 1. The summed E-state index contributed by atoms with van der Waals surface area (Å²) in [7, 11) is 0. The van der Waals surface area contributed by atoms with E-state index in [1.54, 1.807) is 0 Å². The highest BCUT2D eigenvalue weighted by molar-refractivity contribution is 5.84. The van der Waals surface area contributed by atoms with Crippen LogP contribution in [0.25, 0.3) is 10.9 Å². The Morgan fingerprint density at radius 2 is 2.12 bits per heavy atom. The molecule has 1 saturated carbocycles. The number of hydrogen-bond acceptors (Lipinski definition) is 5. The minimum Gasteiger partial charge on any atom is -0.477 e. The standard InChI is InChI=1S/C12H14N4O/c13-16-12-14-10-4-2-1-3-9(10)11(15-12)17-7-8-5-6-8/h1-4,8H,5-7,13H2,(H,14,15,16). The van der Waals surface area contributed by atoms with Gasteiger partial charge in [-0.2, -0.15) is 4.98 Å². The van der Waals surface area contributed by atoms with E-state index in [2.05, 4.69) is 15.4 Å². The van der Waals surface area contributed by atoms with Crippen molar-refractivity contribution in [2.24, 2.45) is 11.8 Å². The van der Waals surface area contributed by atoms with E-state index in [1.165, 1.54) is 12.8 Å². The molecule has 0 amide bonds. The molecule has 3 N–H and O–H groups in total. The average Bonchev–Trinajstić information content (AvgIpc) is 3.19. The van der Waals surface area contributed by atoms with Gasteiger partial charge in [-0.25, -0.2) is 10.8 Å². The Hall–Kier alpha value is -1.88. The summed E-state index contributed by atoms with van der Waals surface area (Å²) in [6.45, 7) is 0.727. The van der Waals surface area contributed by atoms with Crippen LogP contribution in [0.3, 0.4) is 0 Å². The minimum absolute atomic E-state index is 0.384. The van der Waals surface area contributed by atoms with Gasteiger partial charge in [0.2, 0.25) is 11.8 Å². The first-order chi connectivity index (χ1) is 8.36. The summed E-state index contributed by atoms with van der Waals surface area (Å²) in [5.74, 6) is 7.03. The van der Waals surface area contributed by atoms with Crippen LogP contribution in [0, 0.1) is 5.92 Å². The number of rotatable bonds is 4. The molecule has 1 aliphatic rings. The molecule has 5 nitrogen and oxygen atoms in total. The third-order valence-electron chi connectivity index (χ3n) is 2.85. The molecule has 0 radical (unpaired) electrons. The number of nitrogens with one attached hydrogen (secondary N) is 1. The Morgan fingerprint density at radius 3 is 2.88 bits per heavy atom. The summed E-state index contributed by atoms with van der Waals surface area (Å²) in [5, 5.41) is 0.923. The number of aromatic nitrogens is 2. The summed E-state index contributed by atoms with van der Waals surface area (Å²) in [4.78, 5) is 8.52. The molecule has 1 aromatic heterocycles. The van der Waals surface area contributed by atoms with E-state index < -0.39 is 0 Å². The second kappa shape index (κ2) is 4.18. The largest absolute Gasteiger partial charge is 0.477 e. The second-order valence-corrected chi connectivity index (χ2v) is 4.27. The monoisotopic (exact) mass is 230 g/mol. The first-order valence-corrected chi connectivity index (χ1v) is 5.73. The second-order valence-electron chi connectivity index (χ2n) is 4.27. The lowest BCUT2D eigenvalue weighted by molar-refractivity contribution is 0.292. The van der Waals surface area contributed by atoms with Gasteiger partial charge in [-0.1, -0.05) is 12.1 Å². The van der Waals surface area contributed by atoms with E-state index in [0.717, 1.165) is 17.5 Å². The van der Waals surface area contributed by atoms with Gasteiger partial charge in [0.25, 0.3) is 0 Å². The van der Waals surface area contributed by atoms with Gasteiger partial charge in [-0.05, 0) is 30.9 Å². The lowest BCUT2D eigenvalue weighted by Crippen LogP contribution is -2.12. The summed E-state index contributed by atoms with van der Waals surface area (Å²) in [5.41, 5.74) is 3.30. The molecule has 1 aromatic carbocycles. The van der Waals surface area contributed by atoms with Crippen LogP contribution in [0.5, 0.6) is 5.88 Å². The van der Waals surface area contributed by atoms with Crippen LogP contribution in [-0.4, -0.2) is 16.6 Å². The first kappa shape index (κ1) is 10.3. The van der Waals surface area contributed by atoms with E-state index in [0.29, 0.717) is 17.7 Å². The molecule has 5 heteroatoms. The average molecular weight is 230 g/mol. The van der Waals surface area contributed by atoms with Gasteiger partial charge in [0.15, 0.2) is 0 Å². The fourth-order valence-electron chi connectivity index (χ4n) is 1.70. The molecule has 0 bridgehead atoms. The number of nitrogens with two attached hydrogens (primary N) is 1. The van der Waals surface area contributed by atoms with Crippen molar-refractivity contribution in [1.29, 1.82) is 0 Å². The summed E-state index contributed by atoms with van der Waals surface area (Å²) < 4.78 is 5.74. The zero-order valence-corrected chi connectivity index (χ0v) is 9.39. The van der Waals surface area contributed by atoms with Crippen molar-refractivity contribution in [1.82, 2.24) is 9.97 Å². The van der Waals surface area contributed by atoms with Crippen molar-refractivity contribution in [2.45, 2.75) is 12.8 Å². The normalized spacial score (nSPS) is 14.9. The molecule has 0 atom stereocenters. The maximum atomic E-state index is 5.74. The fourth-order valence-corrected chi connectivity index (χ4v) is 1.70. The molecule has 0 saturated heterocycles. The fraction of sp³-hybridized carbons (Fsp3) is 0.333. The van der Waals surface area contributed by atoms with E-state index in [-0.39, 0.29) is 0 Å². The molecule has 0 unspecified atom stereocenters. The maximum Gasteiger partial charge on any atom is 0.241 e. The molecule has 17 heavy (non-hydrogen) atoms. The topological polar surface area (TPSA) is 73.1 Å². The quantitative estimate of drug-likeness (QED) is 0.618. The lowest BCUT2D eigenvalue weighted by Gasteiger charge is -2.09. The van der Waals surface area contributed by atoms with Gasteiger partial charge >= 0.3 is 0 Å². The highest BCUT2D eigenvalue weighted by Crippen LogP contribution is 2.31. The first-order valence-electron chi connectivity index (χ1n) is 5.73. The van der Waals surface area contributed by atoms with Crippen LogP contribution in [0.4, 0.5) is 5.95 Å².